The summed E-state index contributed by atoms with van der Waals surface area (Å²) in [6.45, 7) is 14.3. The molecule has 3 rings (SSSR count). The Morgan fingerprint density at radius 2 is 1.31 bits per heavy atom. The summed E-state index contributed by atoms with van der Waals surface area (Å²) in [5.41, 5.74) is -0.831. The number of esters is 3. The second-order valence-electron chi connectivity index (χ2n) is 7.85. The third kappa shape index (κ3) is 5.59. The van der Waals surface area contributed by atoms with Gasteiger partial charge in [-0.1, -0.05) is 20.8 Å². The molecule has 0 spiro atoms. The summed E-state index contributed by atoms with van der Waals surface area (Å²) in [6.07, 6.45) is 0. The molecule has 36 heavy (non-hydrogen) atoms. The summed E-state index contributed by atoms with van der Waals surface area (Å²) < 4.78 is 14.7. The van der Waals surface area contributed by atoms with Crippen LogP contribution in [0.15, 0.2) is 17.7 Å². The standard InChI is InChI=1S/C20H16O9.C6H15N/c1-4-27-19(25)13(8(3)21)17-11-6-9-10(7-12(11)18(24)29-17)16(23)14(15(9)22)20(26)28-5-2;1-4-7(5-2)6-3/h6-7,14H,4-5H2,1-3H3;4-6H2,1-3H3/b17-13-;. The van der Waals surface area contributed by atoms with E-state index in [2.05, 4.69) is 25.7 Å². The lowest BCUT2D eigenvalue weighted by Gasteiger charge is -2.13. The Balaban J connectivity index is 0.000000572. The van der Waals surface area contributed by atoms with Gasteiger partial charge in [-0.15, -0.1) is 0 Å². The highest BCUT2D eigenvalue weighted by Gasteiger charge is 2.47. The fourth-order valence-corrected chi connectivity index (χ4v) is 3.89. The van der Waals surface area contributed by atoms with Gasteiger partial charge in [0.2, 0.25) is 0 Å². The molecule has 10 heteroatoms. The first kappa shape index (κ1) is 28.6. The van der Waals surface area contributed by atoms with E-state index in [0.29, 0.717) is 0 Å². The van der Waals surface area contributed by atoms with Crippen LogP contribution in [0.4, 0.5) is 0 Å². The van der Waals surface area contributed by atoms with Gasteiger partial charge in [-0.25, -0.2) is 9.59 Å². The number of fused-ring (bicyclic) bond motifs is 2. The molecule has 10 nitrogen and oxygen atoms in total. The SMILES string of the molecule is CCN(CC)CC.CCOC(=O)/C(C(C)=O)=C1\OC(=O)c2cc3c(cc21)C(=O)C(C(=O)OCC)C3=O. The summed E-state index contributed by atoms with van der Waals surface area (Å²) in [4.78, 5) is 76.0. The second-order valence-corrected chi connectivity index (χ2v) is 7.85. The molecule has 0 saturated heterocycles. The van der Waals surface area contributed by atoms with E-state index in [-0.39, 0.29) is 41.2 Å². The van der Waals surface area contributed by atoms with Gasteiger partial charge in [0, 0.05) is 16.7 Å². The summed E-state index contributed by atoms with van der Waals surface area (Å²) in [7, 11) is 0. The fraction of sp³-hybridized carbons (Fsp3) is 0.462. The molecule has 2 aliphatic rings. The lowest BCUT2D eigenvalue weighted by molar-refractivity contribution is -0.144. The van der Waals surface area contributed by atoms with E-state index in [4.69, 9.17) is 14.2 Å². The van der Waals surface area contributed by atoms with Crippen LogP contribution in [0, 0.1) is 5.92 Å². The van der Waals surface area contributed by atoms with E-state index in [1.54, 1.807) is 6.92 Å². The molecule has 0 N–H and O–H groups in total. The van der Waals surface area contributed by atoms with Crippen molar-refractivity contribution in [3.63, 3.8) is 0 Å². The molecule has 1 aromatic rings. The first-order valence-corrected chi connectivity index (χ1v) is 11.9. The molecular weight excluding hydrogens is 470 g/mol. The fourth-order valence-electron chi connectivity index (χ4n) is 3.89. The van der Waals surface area contributed by atoms with E-state index in [0.717, 1.165) is 13.0 Å². The van der Waals surface area contributed by atoms with Crippen molar-refractivity contribution in [3.8, 4) is 0 Å². The monoisotopic (exact) mass is 501 g/mol. The lowest BCUT2D eigenvalue weighted by Crippen LogP contribution is -2.27. The molecule has 0 radical (unpaired) electrons. The van der Waals surface area contributed by atoms with Gasteiger partial charge >= 0.3 is 17.9 Å². The highest BCUT2D eigenvalue weighted by Crippen LogP contribution is 2.38. The predicted octanol–water partition coefficient (Wildman–Crippen LogP) is 2.63. The minimum Gasteiger partial charge on any atom is -0.465 e. The average Bonchev–Trinajstić information content (AvgIpc) is 3.27. The Morgan fingerprint density at radius 3 is 1.72 bits per heavy atom. The molecular formula is C26H31NO9. The van der Waals surface area contributed by atoms with Gasteiger partial charge < -0.3 is 19.1 Å². The molecule has 0 saturated carbocycles. The van der Waals surface area contributed by atoms with Gasteiger partial charge in [-0.3, -0.25) is 19.2 Å². The van der Waals surface area contributed by atoms with Crippen LogP contribution in [0.2, 0.25) is 0 Å². The second kappa shape index (κ2) is 12.3. The normalized spacial score (nSPS) is 17.1. The Labute approximate surface area is 209 Å². The molecule has 0 fully saturated rings. The minimum absolute atomic E-state index is 0.00216. The third-order valence-electron chi connectivity index (χ3n) is 5.79. The highest BCUT2D eigenvalue weighted by molar-refractivity contribution is 6.35. The zero-order valence-corrected chi connectivity index (χ0v) is 21.4. The lowest BCUT2D eigenvalue weighted by atomic mass is 9.97. The molecule has 1 aliphatic carbocycles. The smallest absolute Gasteiger partial charge is 0.345 e. The van der Waals surface area contributed by atoms with Crippen molar-refractivity contribution in [2.75, 3.05) is 32.8 Å². The van der Waals surface area contributed by atoms with Crippen LogP contribution in [0.3, 0.4) is 0 Å². The average molecular weight is 502 g/mol. The van der Waals surface area contributed by atoms with Crippen molar-refractivity contribution < 1.29 is 43.0 Å². The van der Waals surface area contributed by atoms with Crippen molar-refractivity contribution in [2.24, 2.45) is 5.92 Å². The van der Waals surface area contributed by atoms with E-state index in [1.165, 1.54) is 32.6 Å². The quantitative estimate of drug-likeness (QED) is 0.172. The number of hydrogen-bond donors (Lipinski definition) is 0. The molecule has 194 valence electrons. The van der Waals surface area contributed by atoms with Crippen molar-refractivity contribution in [1.82, 2.24) is 4.90 Å². The molecule has 0 amide bonds. The number of benzene rings is 1. The first-order chi connectivity index (χ1) is 17.1. The van der Waals surface area contributed by atoms with Crippen molar-refractivity contribution in [1.29, 1.82) is 0 Å². The number of ether oxygens (including phenoxy) is 3. The molecule has 0 aromatic heterocycles. The van der Waals surface area contributed by atoms with Crippen LogP contribution in [0.25, 0.3) is 5.76 Å². The summed E-state index contributed by atoms with van der Waals surface area (Å²) in [6, 6.07) is 2.30. The molecule has 1 unspecified atom stereocenters. The zero-order valence-electron chi connectivity index (χ0n) is 21.4. The topological polar surface area (TPSA) is 133 Å². The van der Waals surface area contributed by atoms with Crippen molar-refractivity contribution >= 4 is 41.0 Å². The van der Waals surface area contributed by atoms with Crippen LogP contribution >= 0.6 is 0 Å². The molecule has 1 aliphatic heterocycles. The van der Waals surface area contributed by atoms with Gasteiger partial charge in [0.1, 0.15) is 5.57 Å². The molecule has 1 atom stereocenters. The summed E-state index contributed by atoms with van der Waals surface area (Å²) >= 11 is 0. The van der Waals surface area contributed by atoms with Crippen LogP contribution in [-0.4, -0.2) is 73.0 Å². The van der Waals surface area contributed by atoms with E-state index < -0.39 is 46.7 Å². The highest BCUT2D eigenvalue weighted by atomic mass is 16.6. The van der Waals surface area contributed by atoms with E-state index in [1.807, 2.05) is 0 Å². The molecule has 1 heterocycles. The van der Waals surface area contributed by atoms with Gasteiger partial charge in [-0.2, -0.15) is 0 Å². The Morgan fingerprint density at radius 1 is 0.806 bits per heavy atom. The number of carbonyl (C=O) groups excluding carboxylic acids is 6. The first-order valence-electron chi connectivity index (χ1n) is 11.9. The largest absolute Gasteiger partial charge is 0.465 e. The van der Waals surface area contributed by atoms with E-state index in [9.17, 15) is 28.8 Å². The number of hydrogen-bond acceptors (Lipinski definition) is 10. The van der Waals surface area contributed by atoms with Crippen LogP contribution in [0.5, 0.6) is 0 Å². The van der Waals surface area contributed by atoms with Gasteiger partial charge in [-0.05, 0) is 52.5 Å². The molecule has 0 bridgehead atoms. The Kier molecular flexibility index (Phi) is 9.80. The van der Waals surface area contributed by atoms with Crippen LogP contribution < -0.4 is 0 Å². The number of rotatable bonds is 8. The molecule has 1 aromatic carbocycles. The zero-order chi connectivity index (χ0) is 27.2. The number of cyclic esters (lactones) is 1. The number of nitrogens with zero attached hydrogens (tertiary/aromatic N) is 1. The summed E-state index contributed by atoms with van der Waals surface area (Å²) in [5, 5.41) is 0. The third-order valence-corrected chi connectivity index (χ3v) is 5.79. The maximum atomic E-state index is 12.6. The number of Topliss-reactive ketones (excluding diaryl/α,β-unsaturated/α-hetero) is 3. The van der Waals surface area contributed by atoms with Crippen LogP contribution in [0.1, 0.15) is 78.2 Å². The predicted molar refractivity (Wildman–Crippen MR) is 128 cm³/mol. The summed E-state index contributed by atoms with van der Waals surface area (Å²) in [5.74, 6) is -7.13. The minimum atomic E-state index is -1.65. The van der Waals surface area contributed by atoms with E-state index >= 15 is 0 Å². The number of carbonyl (C=O) groups is 6. The van der Waals surface area contributed by atoms with Crippen LogP contribution in [-0.2, 0) is 28.6 Å². The van der Waals surface area contributed by atoms with Gasteiger partial charge in [0.05, 0.1) is 18.8 Å². The maximum Gasteiger partial charge on any atom is 0.345 e. The van der Waals surface area contributed by atoms with Gasteiger partial charge in [0.15, 0.2) is 29.0 Å². The maximum absolute atomic E-state index is 12.6. The van der Waals surface area contributed by atoms with Crippen molar-refractivity contribution in [3.05, 3.63) is 40.0 Å². The van der Waals surface area contributed by atoms with Crippen molar-refractivity contribution in [2.45, 2.75) is 41.5 Å². The number of ketones is 3. The Hall–Kier alpha value is -3.66. The Bertz CT molecular complexity index is 1120. The van der Waals surface area contributed by atoms with Gasteiger partial charge in [0.25, 0.3) is 0 Å².